The Bertz CT molecular complexity index is 518. The SMILES string of the molecule is CCCCOC[C@H](O)[C@@H](CO[C@H](C)O[C@H]1C(C)O[C@@H](O)C2OC(C)(C)O[C@@H]21)OCCCC. The first-order valence-electron chi connectivity index (χ1n) is 12.0. The van der Waals surface area contributed by atoms with Gasteiger partial charge in [0, 0.05) is 13.2 Å². The molecule has 0 aliphatic carbocycles. The summed E-state index contributed by atoms with van der Waals surface area (Å²) in [6, 6.07) is 0. The molecule has 0 aromatic heterocycles. The Morgan fingerprint density at radius 2 is 1.62 bits per heavy atom. The largest absolute Gasteiger partial charge is 0.388 e. The highest BCUT2D eigenvalue weighted by Crippen LogP contribution is 2.38. The zero-order chi connectivity index (χ0) is 23.7. The zero-order valence-corrected chi connectivity index (χ0v) is 20.5. The van der Waals surface area contributed by atoms with Gasteiger partial charge in [0.05, 0.1) is 19.3 Å². The quantitative estimate of drug-likeness (QED) is 0.279. The van der Waals surface area contributed by atoms with Gasteiger partial charge in [-0.3, -0.25) is 0 Å². The predicted molar refractivity (Wildman–Crippen MR) is 117 cm³/mol. The normalized spacial score (nSPS) is 32.4. The fraction of sp³-hybridized carbons (Fsp3) is 1.00. The number of aliphatic hydroxyl groups is 2. The molecule has 0 bridgehead atoms. The third-order valence-electron chi connectivity index (χ3n) is 5.62. The van der Waals surface area contributed by atoms with Crippen molar-refractivity contribution in [2.75, 3.05) is 26.4 Å². The first kappa shape index (κ1) is 27.9. The maximum absolute atomic E-state index is 10.5. The smallest absolute Gasteiger partial charge is 0.184 e. The van der Waals surface area contributed by atoms with Gasteiger partial charge in [-0.15, -0.1) is 0 Å². The predicted octanol–water partition coefficient (Wildman–Crippen LogP) is 2.35. The van der Waals surface area contributed by atoms with Crippen molar-refractivity contribution in [1.82, 2.24) is 0 Å². The molecule has 0 aromatic rings. The molecule has 2 saturated heterocycles. The third-order valence-corrected chi connectivity index (χ3v) is 5.62. The standard InChI is InChI=1S/C23H44O9/c1-7-9-11-26-13-17(24)18(27-12-10-8-2)14-28-16(4)30-19-15(3)29-22(25)21-20(19)31-23(5,6)32-21/h15-22,24-25H,7-14H2,1-6H3/t15?,16-,17-,18+,19-,20+,21?,22+/m0/s1. The second-order valence-corrected chi connectivity index (χ2v) is 9.06. The average Bonchev–Trinajstić information content (AvgIpc) is 3.06. The Kier molecular flexibility index (Phi) is 11.8. The molecule has 2 N–H and O–H groups in total. The second-order valence-electron chi connectivity index (χ2n) is 9.06. The molecule has 2 rings (SSSR count). The monoisotopic (exact) mass is 464 g/mol. The summed E-state index contributed by atoms with van der Waals surface area (Å²) in [7, 11) is 0. The van der Waals surface area contributed by atoms with E-state index in [-0.39, 0.29) is 13.2 Å². The molecule has 2 unspecified atom stereocenters. The van der Waals surface area contributed by atoms with Crippen LogP contribution in [0.2, 0.25) is 0 Å². The minimum Gasteiger partial charge on any atom is -0.388 e. The summed E-state index contributed by atoms with van der Waals surface area (Å²) in [5.74, 6) is -0.838. The fourth-order valence-corrected chi connectivity index (χ4v) is 3.82. The summed E-state index contributed by atoms with van der Waals surface area (Å²) in [5.41, 5.74) is 0. The van der Waals surface area contributed by atoms with Crippen LogP contribution in [0.5, 0.6) is 0 Å². The van der Waals surface area contributed by atoms with E-state index in [1.165, 1.54) is 0 Å². The van der Waals surface area contributed by atoms with Gasteiger partial charge in [0.15, 0.2) is 18.4 Å². The van der Waals surface area contributed by atoms with Gasteiger partial charge in [-0.1, -0.05) is 26.7 Å². The molecule has 9 nitrogen and oxygen atoms in total. The summed E-state index contributed by atoms with van der Waals surface area (Å²) < 4.78 is 40.7. The van der Waals surface area contributed by atoms with Gasteiger partial charge in [0.2, 0.25) is 0 Å². The minimum absolute atomic E-state index is 0.157. The Labute approximate surface area is 192 Å². The highest BCUT2D eigenvalue weighted by molar-refractivity contribution is 4.95. The van der Waals surface area contributed by atoms with E-state index in [0.717, 1.165) is 25.7 Å². The topological polar surface area (TPSA) is 105 Å². The summed E-state index contributed by atoms with van der Waals surface area (Å²) >= 11 is 0. The van der Waals surface area contributed by atoms with Crippen molar-refractivity contribution in [1.29, 1.82) is 0 Å². The van der Waals surface area contributed by atoms with Crippen LogP contribution in [0.3, 0.4) is 0 Å². The van der Waals surface area contributed by atoms with Crippen LogP contribution in [-0.2, 0) is 33.2 Å². The van der Waals surface area contributed by atoms with Crippen LogP contribution in [0.25, 0.3) is 0 Å². The van der Waals surface area contributed by atoms with Crippen LogP contribution in [0.4, 0.5) is 0 Å². The molecule has 32 heavy (non-hydrogen) atoms. The summed E-state index contributed by atoms with van der Waals surface area (Å²) in [6.45, 7) is 12.9. The van der Waals surface area contributed by atoms with E-state index >= 15 is 0 Å². The molecule has 0 amide bonds. The van der Waals surface area contributed by atoms with E-state index in [1.54, 1.807) is 20.8 Å². The van der Waals surface area contributed by atoms with Crippen molar-refractivity contribution in [3.8, 4) is 0 Å². The number of unbranched alkanes of at least 4 members (excludes halogenated alkanes) is 2. The maximum Gasteiger partial charge on any atom is 0.184 e. The van der Waals surface area contributed by atoms with Crippen molar-refractivity contribution in [3.63, 3.8) is 0 Å². The molecule has 2 fully saturated rings. The molecule has 0 saturated carbocycles. The number of ether oxygens (including phenoxy) is 7. The summed E-state index contributed by atoms with van der Waals surface area (Å²) in [6.07, 6.45) is -1.11. The molecular formula is C23H44O9. The van der Waals surface area contributed by atoms with Crippen LogP contribution >= 0.6 is 0 Å². The minimum atomic E-state index is -1.08. The Balaban J connectivity index is 1.88. The molecule has 190 valence electrons. The number of hydrogen-bond acceptors (Lipinski definition) is 9. The maximum atomic E-state index is 10.5. The lowest BCUT2D eigenvalue weighted by Crippen LogP contribution is -2.57. The van der Waals surface area contributed by atoms with Gasteiger partial charge in [0.25, 0.3) is 0 Å². The van der Waals surface area contributed by atoms with E-state index < -0.39 is 55.0 Å². The Morgan fingerprint density at radius 3 is 2.31 bits per heavy atom. The van der Waals surface area contributed by atoms with Crippen molar-refractivity contribution < 1.29 is 43.4 Å². The molecule has 2 aliphatic heterocycles. The van der Waals surface area contributed by atoms with Crippen LogP contribution in [0.15, 0.2) is 0 Å². The van der Waals surface area contributed by atoms with Crippen LogP contribution in [-0.4, -0.2) is 91.6 Å². The van der Waals surface area contributed by atoms with E-state index in [1.807, 2.05) is 6.92 Å². The molecule has 8 atom stereocenters. The number of aliphatic hydroxyl groups excluding tert-OH is 2. The second kappa shape index (κ2) is 13.5. The molecule has 0 aromatic carbocycles. The van der Waals surface area contributed by atoms with Gasteiger partial charge < -0.3 is 43.4 Å². The number of rotatable bonds is 15. The molecule has 2 aliphatic rings. The Morgan fingerprint density at radius 1 is 0.969 bits per heavy atom. The van der Waals surface area contributed by atoms with Gasteiger partial charge in [0.1, 0.15) is 30.5 Å². The van der Waals surface area contributed by atoms with Gasteiger partial charge in [-0.2, -0.15) is 0 Å². The van der Waals surface area contributed by atoms with E-state index in [9.17, 15) is 10.2 Å². The molecule has 0 spiro atoms. The number of hydrogen-bond donors (Lipinski definition) is 2. The molecular weight excluding hydrogens is 420 g/mol. The van der Waals surface area contributed by atoms with Gasteiger partial charge in [-0.25, -0.2) is 0 Å². The highest BCUT2D eigenvalue weighted by atomic mass is 16.8. The first-order valence-corrected chi connectivity index (χ1v) is 12.0. The van der Waals surface area contributed by atoms with Crippen molar-refractivity contribution >= 4 is 0 Å². The van der Waals surface area contributed by atoms with Crippen LogP contribution in [0, 0.1) is 0 Å². The fourth-order valence-electron chi connectivity index (χ4n) is 3.82. The van der Waals surface area contributed by atoms with Crippen molar-refractivity contribution in [2.45, 2.75) is 122 Å². The number of fused-ring (bicyclic) bond motifs is 1. The van der Waals surface area contributed by atoms with E-state index in [2.05, 4.69) is 13.8 Å². The molecule has 9 heteroatoms. The first-order chi connectivity index (χ1) is 15.2. The lowest BCUT2D eigenvalue weighted by Gasteiger charge is -2.39. The molecule has 0 radical (unpaired) electrons. The van der Waals surface area contributed by atoms with E-state index in [4.69, 9.17) is 33.2 Å². The Hall–Kier alpha value is -0.360. The zero-order valence-electron chi connectivity index (χ0n) is 20.5. The lowest BCUT2D eigenvalue weighted by atomic mass is 10.00. The van der Waals surface area contributed by atoms with Gasteiger partial charge in [-0.05, 0) is 40.5 Å². The highest BCUT2D eigenvalue weighted by Gasteiger charge is 2.54. The third kappa shape index (κ3) is 8.45. The van der Waals surface area contributed by atoms with Crippen LogP contribution < -0.4 is 0 Å². The van der Waals surface area contributed by atoms with Crippen LogP contribution in [0.1, 0.15) is 67.2 Å². The van der Waals surface area contributed by atoms with Crippen molar-refractivity contribution in [2.24, 2.45) is 0 Å². The summed E-state index contributed by atoms with van der Waals surface area (Å²) in [4.78, 5) is 0. The van der Waals surface area contributed by atoms with Crippen molar-refractivity contribution in [3.05, 3.63) is 0 Å². The van der Waals surface area contributed by atoms with Gasteiger partial charge >= 0.3 is 0 Å². The summed E-state index contributed by atoms with van der Waals surface area (Å²) in [5, 5.41) is 20.7. The lowest BCUT2D eigenvalue weighted by molar-refractivity contribution is -0.289. The van der Waals surface area contributed by atoms with E-state index in [0.29, 0.717) is 13.2 Å². The molecule has 2 heterocycles. The average molecular weight is 465 g/mol.